The third-order valence-corrected chi connectivity index (χ3v) is 1.84. The summed E-state index contributed by atoms with van der Waals surface area (Å²) in [4.78, 5) is 8.11. The van der Waals surface area contributed by atoms with Gasteiger partial charge in [-0.1, -0.05) is 0 Å². The maximum absolute atomic E-state index is 5.21. The fourth-order valence-electron chi connectivity index (χ4n) is 1.11. The van der Waals surface area contributed by atoms with Crippen molar-refractivity contribution in [3.05, 3.63) is 36.5 Å². The first kappa shape index (κ1) is 9.47. The molecule has 4 N–H and O–H groups in total. The minimum absolute atomic E-state index is 0.521. The second-order valence-corrected chi connectivity index (χ2v) is 2.92. The molecule has 0 aliphatic carbocycles. The molecule has 0 aromatic carbocycles. The Balaban J connectivity index is 1.98. The normalized spacial score (nSPS) is 9.93. The Hall–Kier alpha value is -2.08. The minimum atomic E-state index is 0.521. The Bertz CT molecular complexity index is 414. The Morgan fingerprint density at radius 3 is 2.93 bits per heavy atom. The molecule has 0 amide bonds. The zero-order valence-corrected chi connectivity index (χ0v) is 7.97. The average Bonchev–Trinajstić information content (AvgIpc) is 2.79. The van der Waals surface area contributed by atoms with Crippen LogP contribution in [0, 0.1) is 0 Å². The summed E-state index contributed by atoms with van der Waals surface area (Å²) in [6, 6.07) is 1.88. The van der Waals surface area contributed by atoms with Gasteiger partial charge in [-0.3, -0.25) is 4.98 Å². The molecular formula is C9H11N5O. The second kappa shape index (κ2) is 4.43. The number of nitrogens with two attached hydrogens (primary N) is 1. The van der Waals surface area contributed by atoms with Crippen LogP contribution in [0.5, 0.6) is 0 Å². The molecule has 0 aliphatic heterocycles. The molecule has 2 aromatic heterocycles. The predicted octanol–water partition coefficient (Wildman–Crippen LogP) is 0.967. The van der Waals surface area contributed by atoms with E-state index in [2.05, 4.69) is 20.7 Å². The fourth-order valence-corrected chi connectivity index (χ4v) is 1.11. The van der Waals surface area contributed by atoms with Crippen LogP contribution < -0.4 is 16.6 Å². The van der Waals surface area contributed by atoms with Gasteiger partial charge >= 0.3 is 0 Å². The number of nitrogen functional groups attached to an aromatic ring is 1. The third kappa shape index (κ3) is 2.44. The Morgan fingerprint density at radius 2 is 2.20 bits per heavy atom. The molecule has 6 nitrogen and oxygen atoms in total. The van der Waals surface area contributed by atoms with E-state index in [9.17, 15) is 0 Å². The van der Waals surface area contributed by atoms with E-state index in [-0.39, 0.29) is 0 Å². The summed E-state index contributed by atoms with van der Waals surface area (Å²) in [6.45, 7) is 0.638. The van der Waals surface area contributed by atoms with Gasteiger partial charge in [-0.25, -0.2) is 10.8 Å². The molecule has 0 fully saturated rings. The standard InChI is InChI=1S/C9H11N5O/c10-14-9-5-11-4-8(13-9)12-3-7-1-2-15-6-7/h1-2,4-6H,3,10H2,(H2,12,13,14). The van der Waals surface area contributed by atoms with E-state index in [1.54, 1.807) is 24.9 Å². The van der Waals surface area contributed by atoms with Crippen molar-refractivity contribution in [2.24, 2.45) is 5.84 Å². The Morgan fingerprint density at radius 1 is 1.33 bits per heavy atom. The lowest BCUT2D eigenvalue weighted by Crippen LogP contribution is -2.10. The van der Waals surface area contributed by atoms with Crippen molar-refractivity contribution in [3.8, 4) is 0 Å². The van der Waals surface area contributed by atoms with Crippen molar-refractivity contribution >= 4 is 11.6 Å². The summed E-state index contributed by atoms with van der Waals surface area (Å²) >= 11 is 0. The summed E-state index contributed by atoms with van der Waals surface area (Å²) in [5.74, 6) is 6.39. The molecule has 0 radical (unpaired) electrons. The van der Waals surface area contributed by atoms with E-state index in [1.807, 2.05) is 6.07 Å². The van der Waals surface area contributed by atoms with Gasteiger partial charge in [0, 0.05) is 12.1 Å². The van der Waals surface area contributed by atoms with Gasteiger partial charge in [0.2, 0.25) is 0 Å². The molecule has 0 saturated heterocycles. The fraction of sp³-hybridized carbons (Fsp3) is 0.111. The van der Waals surface area contributed by atoms with Gasteiger partial charge in [0.15, 0.2) is 5.82 Å². The lowest BCUT2D eigenvalue weighted by atomic mass is 10.3. The highest BCUT2D eigenvalue weighted by molar-refractivity contribution is 5.40. The first-order valence-electron chi connectivity index (χ1n) is 4.42. The number of nitrogens with zero attached hydrogens (tertiary/aromatic N) is 2. The minimum Gasteiger partial charge on any atom is -0.472 e. The zero-order valence-electron chi connectivity index (χ0n) is 7.97. The predicted molar refractivity (Wildman–Crippen MR) is 55.9 cm³/mol. The summed E-state index contributed by atoms with van der Waals surface area (Å²) in [7, 11) is 0. The van der Waals surface area contributed by atoms with Gasteiger partial charge < -0.3 is 15.2 Å². The zero-order chi connectivity index (χ0) is 10.5. The van der Waals surface area contributed by atoms with Gasteiger partial charge in [-0.15, -0.1) is 0 Å². The monoisotopic (exact) mass is 205 g/mol. The first-order valence-corrected chi connectivity index (χ1v) is 4.42. The van der Waals surface area contributed by atoms with Crippen molar-refractivity contribution in [3.63, 3.8) is 0 Å². The van der Waals surface area contributed by atoms with Crippen molar-refractivity contribution in [1.29, 1.82) is 0 Å². The molecule has 2 aromatic rings. The lowest BCUT2D eigenvalue weighted by molar-refractivity contribution is 0.564. The molecule has 78 valence electrons. The van der Waals surface area contributed by atoms with E-state index in [0.717, 1.165) is 5.56 Å². The van der Waals surface area contributed by atoms with E-state index in [0.29, 0.717) is 18.2 Å². The summed E-state index contributed by atoms with van der Waals surface area (Å²) in [5, 5.41) is 3.09. The van der Waals surface area contributed by atoms with E-state index in [1.165, 1.54) is 0 Å². The molecule has 0 unspecified atom stereocenters. The summed E-state index contributed by atoms with van der Waals surface area (Å²) in [6.07, 6.45) is 6.47. The van der Waals surface area contributed by atoms with Gasteiger partial charge in [-0.2, -0.15) is 0 Å². The third-order valence-electron chi connectivity index (χ3n) is 1.84. The molecule has 0 atom stereocenters. The molecule has 0 aliphatic rings. The van der Waals surface area contributed by atoms with Crippen LogP contribution in [-0.4, -0.2) is 9.97 Å². The van der Waals surface area contributed by atoms with E-state index in [4.69, 9.17) is 10.3 Å². The quantitative estimate of drug-likeness (QED) is 0.509. The smallest absolute Gasteiger partial charge is 0.160 e. The average molecular weight is 205 g/mol. The van der Waals surface area contributed by atoms with Crippen LogP contribution in [-0.2, 0) is 6.54 Å². The topological polar surface area (TPSA) is 89.0 Å². The SMILES string of the molecule is NNc1cncc(NCc2ccoc2)n1. The highest BCUT2D eigenvalue weighted by Crippen LogP contribution is 2.07. The number of nitrogens with one attached hydrogen (secondary N) is 2. The number of hydrogen-bond donors (Lipinski definition) is 3. The molecule has 15 heavy (non-hydrogen) atoms. The van der Waals surface area contributed by atoms with Gasteiger partial charge in [0.25, 0.3) is 0 Å². The number of aromatic nitrogens is 2. The van der Waals surface area contributed by atoms with Gasteiger partial charge in [-0.05, 0) is 6.07 Å². The van der Waals surface area contributed by atoms with Crippen molar-refractivity contribution < 1.29 is 4.42 Å². The Labute approximate surface area is 86.5 Å². The van der Waals surface area contributed by atoms with Gasteiger partial charge in [0.05, 0.1) is 24.9 Å². The van der Waals surface area contributed by atoms with Crippen LogP contribution in [0.25, 0.3) is 0 Å². The maximum atomic E-state index is 5.21. The number of furan rings is 1. The highest BCUT2D eigenvalue weighted by atomic mass is 16.3. The summed E-state index contributed by atoms with van der Waals surface area (Å²) < 4.78 is 4.94. The van der Waals surface area contributed by atoms with E-state index >= 15 is 0 Å². The van der Waals surface area contributed by atoms with Crippen LogP contribution in [0.15, 0.2) is 35.4 Å². The van der Waals surface area contributed by atoms with Crippen molar-refractivity contribution in [1.82, 2.24) is 9.97 Å². The molecule has 0 spiro atoms. The second-order valence-electron chi connectivity index (χ2n) is 2.92. The number of hydrazine groups is 1. The molecule has 6 heteroatoms. The first-order chi connectivity index (χ1) is 7.38. The highest BCUT2D eigenvalue weighted by Gasteiger charge is 1.98. The molecule has 0 saturated carbocycles. The van der Waals surface area contributed by atoms with Crippen LogP contribution in [0.4, 0.5) is 11.6 Å². The Kier molecular flexibility index (Phi) is 2.80. The molecular weight excluding hydrogens is 194 g/mol. The van der Waals surface area contributed by atoms with Gasteiger partial charge in [0.1, 0.15) is 5.82 Å². The largest absolute Gasteiger partial charge is 0.472 e. The van der Waals surface area contributed by atoms with Crippen molar-refractivity contribution in [2.45, 2.75) is 6.54 Å². The number of hydrogen-bond acceptors (Lipinski definition) is 6. The van der Waals surface area contributed by atoms with Crippen LogP contribution in [0.2, 0.25) is 0 Å². The molecule has 0 bridgehead atoms. The number of rotatable bonds is 4. The van der Waals surface area contributed by atoms with E-state index < -0.39 is 0 Å². The maximum Gasteiger partial charge on any atom is 0.160 e. The van der Waals surface area contributed by atoms with Crippen LogP contribution in [0.3, 0.4) is 0 Å². The summed E-state index contributed by atoms with van der Waals surface area (Å²) in [5.41, 5.74) is 3.47. The molecule has 2 rings (SSSR count). The number of anilines is 2. The van der Waals surface area contributed by atoms with Crippen molar-refractivity contribution in [2.75, 3.05) is 10.7 Å². The lowest BCUT2D eigenvalue weighted by Gasteiger charge is -2.04. The molecule has 2 heterocycles. The van der Waals surface area contributed by atoms with Crippen LogP contribution >= 0.6 is 0 Å². The van der Waals surface area contributed by atoms with Crippen LogP contribution in [0.1, 0.15) is 5.56 Å².